The van der Waals surface area contributed by atoms with Crippen LogP contribution in [0.1, 0.15) is 5.56 Å². The SMILES string of the molecule is COc1ccc(CN(C(=O)CSc2nnc(-c3ccc(OC)cc3OC)o2)c2ccc(F)cc2)cc1. The van der Waals surface area contributed by atoms with E-state index in [1.807, 2.05) is 24.3 Å². The molecule has 3 aromatic carbocycles. The number of carbonyl (C=O) groups is 1. The average molecular weight is 510 g/mol. The lowest BCUT2D eigenvalue weighted by atomic mass is 10.2. The van der Waals surface area contributed by atoms with E-state index in [0.29, 0.717) is 29.3 Å². The van der Waals surface area contributed by atoms with Crippen molar-refractivity contribution in [2.24, 2.45) is 0 Å². The van der Waals surface area contributed by atoms with E-state index in [1.54, 1.807) is 49.5 Å². The van der Waals surface area contributed by atoms with E-state index in [4.69, 9.17) is 18.6 Å². The van der Waals surface area contributed by atoms with Crippen LogP contribution in [-0.2, 0) is 11.3 Å². The molecule has 10 heteroatoms. The van der Waals surface area contributed by atoms with Crippen LogP contribution in [0.4, 0.5) is 10.1 Å². The number of halogens is 1. The van der Waals surface area contributed by atoms with Crippen molar-refractivity contribution in [1.29, 1.82) is 0 Å². The summed E-state index contributed by atoms with van der Waals surface area (Å²) >= 11 is 1.12. The van der Waals surface area contributed by atoms with E-state index in [1.165, 1.54) is 19.2 Å². The Morgan fingerprint density at radius 3 is 2.28 bits per heavy atom. The molecule has 0 bridgehead atoms. The molecule has 8 nitrogen and oxygen atoms in total. The van der Waals surface area contributed by atoms with Crippen molar-refractivity contribution < 1.29 is 27.8 Å². The van der Waals surface area contributed by atoms with E-state index >= 15 is 0 Å². The Bertz CT molecular complexity index is 1310. The second-order valence-corrected chi connectivity index (χ2v) is 8.46. The summed E-state index contributed by atoms with van der Waals surface area (Å²) in [4.78, 5) is 14.8. The normalized spacial score (nSPS) is 10.7. The third-order valence-corrected chi connectivity index (χ3v) is 6.11. The Morgan fingerprint density at radius 2 is 1.61 bits per heavy atom. The van der Waals surface area contributed by atoms with Crippen LogP contribution in [0.25, 0.3) is 11.5 Å². The van der Waals surface area contributed by atoms with Crippen LogP contribution in [-0.4, -0.2) is 43.2 Å². The van der Waals surface area contributed by atoms with E-state index in [2.05, 4.69) is 10.2 Å². The fourth-order valence-corrected chi connectivity index (χ4v) is 4.05. The van der Waals surface area contributed by atoms with Gasteiger partial charge in [-0.05, 0) is 54.1 Å². The van der Waals surface area contributed by atoms with Crippen LogP contribution in [0.5, 0.6) is 17.2 Å². The largest absolute Gasteiger partial charge is 0.497 e. The Hall–Kier alpha value is -4.05. The number of nitrogens with zero attached hydrogens (tertiary/aromatic N) is 3. The predicted octanol–water partition coefficient (Wildman–Crippen LogP) is 5.23. The van der Waals surface area contributed by atoms with Crippen LogP contribution >= 0.6 is 11.8 Å². The molecule has 0 saturated heterocycles. The van der Waals surface area contributed by atoms with Crippen molar-refractivity contribution in [3.05, 3.63) is 78.1 Å². The zero-order chi connectivity index (χ0) is 25.5. The van der Waals surface area contributed by atoms with Gasteiger partial charge < -0.3 is 23.5 Å². The Kier molecular flexibility index (Phi) is 8.06. The number of benzene rings is 3. The highest BCUT2D eigenvalue weighted by Crippen LogP contribution is 2.34. The number of ether oxygens (including phenoxy) is 3. The summed E-state index contributed by atoms with van der Waals surface area (Å²) in [6.07, 6.45) is 0. The monoisotopic (exact) mass is 509 g/mol. The zero-order valence-corrected chi connectivity index (χ0v) is 20.8. The molecule has 0 aliphatic carbocycles. The fourth-order valence-electron chi connectivity index (χ4n) is 3.41. The zero-order valence-electron chi connectivity index (χ0n) is 19.9. The molecule has 36 heavy (non-hydrogen) atoms. The highest BCUT2D eigenvalue weighted by Gasteiger charge is 2.20. The standard InChI is InChI=1S/C26H24FN3O5S/c1-32-20-10-4-17(5-11-20)15-30(19-8-6-18(27)7-9-19)24(31)16-36-26-29-28-25(35-26)22-13-12-21(33-2)14-23(22)34-3/h4-14H,15-16H2,1-3H3. The molecular formula is C26H24FN3O5S. The molecule has 1 heterocycles. The molecule has 0 N–H and O–H groups in total. The van der Waals surface area contributed by atoms with Crippen molar-refractivity contribution in [2.45, 2.75) is 11.8 Å². The molecule has 1 amide bonds. The van der Waals surface area contributed by atoms with E-state index in [9.17, 15) is 9.18 Å². The molecule has 186 valence electrons. The smallest absolute Gasteiger partial charge is 0.277 e. The molecule has 0 radical (unpaired) electrons. The van der Waals surface area contributed by atoms with Gasteiger partial charge in [0, 0.05) is 11.8 Å². The van der Waals surface area contributed by atoms with Gasteiger partial charge in [0.2, 0.25) is 5.91 Å². The molecule has 0 aliphatic heterocycles. The van der Waals surface area contributed by atoms with Gasteiger partial charge in [0.25, 0.3) is 11.1 Å². The van der Waals surface area contributed by atoms with E-state index in [-0.39, 0.29) is 28.6 Å². The van der Waals surface area contributed by atoms with Gasteiger partial charge in [0.1, 0.15) is 23.1 Å². The van der Waals surface area contributed by atoms with Crippen molar-refractivity contribution in [3.8, 4) is 28.7 Å². The van der Waals surface area contributed by atoms with Crippen LogP contribution in [0.2, 0.25) is 0 Å². The molecule has 0 unspecified atom stereocenters. The number of amides is 1. The van der Waals surface area contributed by atoms with Gasteiger partial charge in [0.05, 0.1) is 39.2 Å². The first kappa shape index (κ1) is 25.1. The Morgan fingerprint density at radius 1 is 0.917 bits per heavy atom. The Labute approximate surface area is 212 Å². The van der Waals surface area contributed by atoms with E-state index < -0.39 is 0 Å². The summed E-state index contributed by atoms with van der Waals surface area (Å²) in [5, 5.41) is 8.38. The topological polar surface area (TPSA) is 86.9 Å². The van der Waals surface area contributed by atoms with Crippen LogP contribution in [0.15, 0.2) is 76.4 Å². The maximum absolute atomic E-state index is 13.5. The van der Waals surface area contributed by atoms with Gasteiger partial charge in [-0.15, -0.1) is 10.2 Å². The van der Waals surface area contributed by atoms with Crippen molar-refractivity contribution in [3.63, 3.8) is 0 Å². The molecule has 0 saturated carbocycles. The molecule has 0 spiro atoms. The summed E-state index contributed by atoms with van der Waals surface area (Å²) in [5.41, 5.74) is 2.08. The van der Waals surface area contributed by atoms with Gasteiger partial charge in [-0.2, -0.15) is 0 Å². The summed E-state index contributed by atoms with van der Waals surface area (Å²) in [6.45, 7) is 0.299. The quantitative estimate of drug-likeness (QED) is 0.269. The third-order valence-electron chi connectivity index (χ3n) is 5.30. The van der Waals surface area contributed by atoms with Gasteiger partial charge in [-0.25, -0.2) is 4.39 Å². The van der Waals surface area contributed by atoms with Crippen molar-refractivity contribution in [2.75, 3.05) is 32.0 Å². The minimum Gasteiger partial charge on any atom is -0.497 e. The lowest BCUT2D eigenvalue weighted by molar-refractivity contribution is -0.116. The van der Waals surface area contributed by atoms with Crippen LogP contribution < -0.4 is 19.1 Å². The minimum absolute atomic E-state index is 0.0366. The third kappa shape index (κ3) is 5.95. The molecule has 0 atom stereocenters. The average Bonchev–Trinajstić information content (AvgIpc) is 3.39. The Balaban J connectivity index is 1.49. The first-order chi connectivity index (χ1) is 17.5. The highest BCUT2D eigenvalue weighted by molar-refractivity contribution is 7.99. The highest BCUT2D eigenvalue weighted by atomic mass is 32.2. The van der Waals surface area contributed by atoms with Crippen molar-refractivity contribution >= 4 is 23.4 Å². The van der Waals surface area contributed by atoms with Crippen LogP contribution in [0.3, 0.4) is 0 Å². The summed E-state index contributed by atoms with van der Waals surface area (Å²) in [6, 6.07) is 18.4. The number of carbonyl (C=O) groups excluding carboxylic acids is 1. The first-order valence-corrected chi connectivity index (χ1v) is 11.9. The lowest BCUT2D eigenvalue weighted by Crippen LogP contribution is -2.31. The fraction of sp³-hybridized carbons (Fsp3) is 0.192. The molecule has 1 aromatic heterocycles. The first-order valence-electron chi connectivity index (χ1n) is 10.9. The van der Waals surface area contributed by atoms with Crippen molar-refractivity contribution in [1.82, 2.24) is 10.2 Å². The maximum Gasteiger partial charge on any atom is 0.277 e. The summed E-state index contributed by atoms with van der Waals surface area (Å²) in [7, 11) is 4.70. The van der Waals surface area contributed by atoms with Gasteiger partial charge in [-0.3, -0.25) is 4.79 Å². The molecule has 4 aromatic rings. The van der Waals surface area contributed by atoms with Gasteiger partial charge in [-0.1, -0.05) is 23.9 Å². The second-order valence-electron chi connectivity index (χ2n) is 7.53. The molecule has 0 fully saturated rings. The second kappa shape index (κ2) is 11.6. The number of anilines is 1. The molecule has 4 rings (SSSR count). The number of methoxy groups -OCH3 is 3. The maximum atomic E-state index is 13.5. The van der Waals surface area contributed by atoms with Crippen LogP contribution in [0, 0.1) is 5.82 Å². The van der Waals surface area contributed by atoms with E-state index in [0.717, 1.165) is 23.1 Å². The number of hydrogen-bond donors (Lipinski definition) is 0. The van der Waals surface area contributed by atoms with Gasteiger partial charge in [0.15, 0.2) is 0 Å². The summed E-state index contributed by atoms with van der Waals surface area (Å²) < 4.78 is 35.1. The number of rotatable bonds is 10. The predicted molar refractivity (Wildman–Crippen MR) is 134 cm³/mol. The molecular weight excluding hydrogens is 485 g/mol. The number of aromatic nitrogens is 2. The number of hydrogen-bond acceptors (Lipinski definition) is 8. The minimum atomic E-state index is -0.377. The number of thioether (sulfide) groups is 1. The summed E-state index contributed by atoms with van der Waals surface area (Å²) in [5.74, 6) is 1.59. The lowest BCUT2D eigenvalue weighted by Gasteiger charge is -2.23. The molecule has 0 aliphatic rings. The van der Waals surface area contributed by atoms with Gasteiger partial charge >= 0.3 is 0 Å².